The second-order valence-corrected chi connectivity index (χ2v) is 3.51. The number of benzene rings is 1. The van der Waals surface area contributed by atoms with Gasteiger partial charge in [-0.05, 0) is 6.07 Å². The molecule has 1 aromatic carbocycles. The molecule has 0 heterocycles. The van der Waals surface area contributed by atoms with Crippen LogP contribution in [0.25, 0.3) is 0 Å². The van der Waals surface area contributed by atoms with Crippen LogP contribution < -0.4 is 10.5 Å². The maximum absolute atomic E-state index is 5.90. The van der Waals surface area contributed by atoms with E-state index in [0.29, 0.717) is 22.2 Å². The summed E-state index contributed by atoms with van der Waals surface area (Å²) in [4.78, 5) is 0.431. The predicted octanol–water partition coefficient (Wildman–Crippen LogP) is 2.18. The Balaban J connectivity index is 3.05. The molecule has 2 nitrogen and oxygen atoms in total. The van der Waals surface area contributed by atoms with E-state index >= 15 is 0 Å². The molecule has 70 valence electrons. The fraction of sp³-hybridized carbons (Fsp3) is 0.222. The lowest BCUT2D eigenvalue weighted by molar-refractivity contribution is 0.411. The van der Waals surface area contributed by atoms with Gasteiger partial charge >= 0.3 is 0 Å². The quantitative estimate of drug-likeness (QED) is 0.786. The van der Waals surface area contributed by atoms with Gasteiger partial charge in [-0.3, -0.25) is 0 Å². The molecule has 4 heteroatoms. The van der Waals surface area contributed by atoms with Gasteiger partial charge < -0.3 is 10.5 Å². The summed E-state index contributed by atoms with van der Waals surface area (Å²) in [5.41, 5.74) is 6.35. The number of hydrogen-bond acceptors (Lipinski definition) is 2. The van der Waals surface area contributed by atoms with E-state index in [1.807, 2.05) is 12.1 Å². The highest BCUT2D eigenvalue weighted by Crippen LogP contribution is 2.28. The summed E-state index contributed by atoms with van der Waals surface area (Å²) < 4.78 is 5.13. The number of rotatable bonds is 3. The minimum atomic E-state index is 0.431. The Bertz CT molecular complexity index is 327. The summed E-state index contributed by atoms with van der Waals surface area (Å²) in [5, 5.41) is 0.580. The molecule has 0 saturated heterocycles. The van der Waals surface area contributed by atoms with Crippen LogP contribution in [0.5, 0.6) is 5.75 Å². The van der Waals surface area contributed by atoms with Crippen LogP contribution in [0.15, 0.2) is 18.2 Å². The third-order valence-corrected chi connectivity index (χ3v) is 2.06. The Morgan fingerprint density at radius 2 is 2.31 bits per heavy atom. The van der Waals surface area contributed by atoms with Gasteiger partial charge in [0.05, 0.1) is 17.1 Å². The van der Waals surface area contributed by atoms with E-state index in [1.165, 1.54) is 0 Å². The molecular formula is C9H10ClNOS. The van der Waals surface area contributed by atoms with Crippen molar-refractivity contribution in [3.8, 4) is 5.75 Å². The molecule has 0 unspecified atom stereocenters. The Hall–Kier alpha value is -0.800. The van der Waals surface area contributed by atoms with Crippen molar-refractivity contribution in [3.05, 3.63) is 28.8 Å². The fourth-order valence-electron chi connectivity index (χ4n) is 1.11. The summed E-state index contributed by atoms with van der Waals surface area (Å²) in [6.07, 6.45) is 0.513. The molecule has 0 amide bonds. The largest absolute Gasteiger partial charge is 0.495 e. The van der Waals surface area contributed by atoms with Crippen LogP contribution in [0.3, 0.4) is 0 Å². The van der Waals surface area contributed by atoms with Crippen LogP contribution in [0.2, 0.25) is 5.02 Å². The van der Waals surface area contributed by atoms with E-state index in [1.54, 1.807) is 13.2 Å². The van der Waals surface area contributed by atoms with Gasteiger partial charge in [0.1, 0.15) is 5.75 Å². The van der Waals surface area contributed by atoms with E-state index in [-0.39, 0.29) is 0 Å². The van der Waals surface area contributed by atoms with Crippen molar-refractivity contribution in [3.63, 3.8) is 0 Å². The van der Waals surface area contributed by atoms with E-state index in [9.17, 15) is 0 Å². The van der Waals surface area contributed by atoms with Crippen LogP contribution >= 0.6 is 23.8 Å². The number of thiocarbonyl (C=S) groups is 1. The van der Waals surface area contributed by atoms with Crippen LogP contribution in [0.4, 0.5) is 0 Å². The van der Waals surface area contributed by atoms with Gasteiger partial charge in [-0.15, -0.1) is 0 Å². The van der Waals surface area contributed by atoms with Gasteiger partial charge in [-0.2, -0.15) is 0 Å². The zero-order valence-electron chi connectivity index (χ0n) is 7.21. The van der Waals surface area contributed by atoms with Crippen molar-refractivity contribution in [2.45, 2.75) is 6.42 Å². The molecule has 1 rings (SSSR count). The normalized spacial score (nSPS) is 9.69. The lowest BCUT2D eigenvalue weighted by atomic mass is 10.1. The Morgan fingerprint density at radius 3 is 2.85 bits per heavy atom. The van der Waals surface area contributed by atoms with Gasteiger partial charge in [0.25, 0.3) is 0 Å². The lowest BCUT2D eigenvalue weighted by Gasteiger charge is -2.08. The van der Waals surface area contributed by atoms with E-state index in [0.717, 1.165) is 5.56 Å². The minimum absolute atomic E-state index is 0.431. The second-order valence-electron chi connectivity index (χ2n) is 2.58. The predicted molar refractivity (Wildman–Crippen MR) is 58.5 cm³/mol. The topological polar surface area (TPSA) is 35.2 Å². The molecule has 0 atom stereocenters. The molecule has 1 aromatic rings. The SMILES string of the molecule is COc1c(Cl)cccc1CC(N)=S. The molecular weight excluding hydrogens is 206 g/mol. The Kier molecular flexibility index (Phi) is 3.51. The number of methoxy groups -OCH3 is 1. The van der Waals surface area contributed by atoms with Crippen LogP contribution in [0, 0.1) is 0 Å². The number of para-hydroxylation sites is 1. The van der Waals surface area contributed by atoms with E-state index in [4.69, 9.17) is 34.3 Å². The zero-order valence-corrected chi connectivity index (χ0v) is 8.78. The van der Waals surface area contributed by atoms with E-state index in [2.05, 4.69) is 0 Å². The van der Waals surface area contributed by atoms with Crippen molar-refractivity contribution < 1.29 is 4.74 Å². The van der Waals surface area contributed by atoms with Crippen LogP contribution in [0.1, 0.15) is 5.56 Å². The molecule has 0 saturated carbocycles. The van der Waals surface area contributed by atoms with Crippen LogP contribution in [-0.2, 0) is 6.42 Å². The third kappa shape index (κ3) is 2.57. The van der Waals surface area contributed by atoms with Gasteiger partial charge in [0.2, 0.25) is 0 Å². The molecule has 0 spiro atoms. The maximum atomic E-state index is 5.90. The summed E-state index contributed by atoms with van der Waals surface area (Å²) in [7, 11) is 1.57. The third-order valence-electron chi connectivity index (χ3n) is 1.62. The lowest BCUT2D eigenvalue weighted by Crippen LogP contribution is -2.11. The average Bonchev–Trinajstić information content (AvgIpc) is 2.03. The molecule has 13 heavy (non-hydrogen) atoms. The molecule has 0 aromatic heterocycles. The second kappa shape index (κ2) is 4.44. The summed E-state index contributed by atoms with van der Waals surface area (Å²) in [5.74, 6) is 0.650. The van der Waals surface area contributed by atoms with Crippen molar-refractivity contribution >= 4 is 28.8 Å². The summed E-state index contributed by atoms with van der Waals surface area (Å²) in [6.45, 7) is 0. The molecule has 0 radical (unpaired) electrons. The Labute approximate surface area is 87.6 Å². The number of nitrogens with two attached hydrogens (primary N) is 1. The van der Waals surface area contributed by atoms with Crippen molar-refractivity contribution in [1.29, 1.82) is 0 Å². The highest BCUT2D eigenvalue weighted by atomic mass is 35.5. The number of ether oxygens (including phenoxy) is 1. The average molecular weight is 216 g/mol. The molecule has 0 aliphatic carbocycles. The maximum Gasteiger partial charge on any atom is 0.141 e. The van der Waals surface area contributed by atoms with Crippen LogP contribution in [-0.4, -0.2) is 12.1 Å². The zero-order chi connectivity index (χ0) is 9.84. The van der Waals surface area contributed by atoms with Gasteiger partial charge in [-0.1, -0.05) is 36.0 Å². The first-order valence-electron chi connectivity index (χ1n) is 3.75. The standard InChI is InChI=1S/C9H10ClNOS/c1-12-9-6(5-8(11)13)3-2-4-7(9)10/h2-4H,5H2,1H3,(H2,11,13). The van der Waals surface area contributed by atoms with Gasteiger partial charge in [-0.25, -0.2) is 0 Å². The van der Waals surface area contributed by atoms with Gasteiger partial charge in [0.15, 0.2) is 0 Å². The first-order valence-corrected chi connectivity index (χ1v) is 4.53. The first kappa shape index (κ1) is 10.3. The molecule has 0 fully saturated rings. The Morgan fingerprint density at radius 1 is 1.62 bits per heavy atom. The van der Waals surface area contributed by atoms with Crippen molar-refractivity contribution in [2.24, 2.45) is 5.73 Å². The summed E-state index contributed by atoms with van der Waals surface area (Å²) in [6, 6.07) is 5.51. The smallest absolute Gasteiger partial charge is 0.141 e. The van der Waals surface area contributed by atoms with E-state index < -0.39 is 0 Å². The number of halogens is 1. The first-order chi connectivity index (χ1) is 6.15. The number of hydrogen-bond donors (Lipinski definition) is 1. The molecule has 0 aliphatic heterocycles. The fourth-order valence-corrected chi connectivity index (χ4v) is 1.54. The van der Waals surface area contributed by atoms with Crippen molar-refractivity contribution in [2.75, 3.05) is 7.11 Å². The monoisotopic (exact) mass is 215 g/mol. The van der Waals surface area contributed by atoms with Crippen molar-refractivity contribution in [1.82, 2.24) is 0 Å². The summed E-state index contributed by atoms with van der Waals surface area (Å²) >= 11 is 10.7. The molecule has 0 bridgehead atoms. The minimum Gasteiger partial charge on any atom is -0.495 e. The highest BCUT2D eigenvalue weighted by molar-refractivity contribution is 7.80. The molecule has 2 N–H and O–H groups in total. The molecule has 0 aliphatic rings. The highest BCUT2D eigenvalue weighted by Gasteiger charge is 2.07. The van der Waals surface area contributed by atoms with Gasteiger partial charge in [0, 0.05) is 12.0 Å².